The van der Waals surface area contributed by atoms with Crippen molar-refractivity contribution in [1.82, 2.24) is 35.0 Å². The predicted molar refractivity (Wildman–Crippen MR) is 111 cm³/mol. The first kappa shape index (κ1) is 20.1. The number of rotatable bonds is 7. The van der Waals surface area contributed by atoms with Gasteiger partial charge in [-0.1, -0.05) is 6.07 Å². The zero-order valence-corrected chi connectivity index (χ0v) is 16.7. The van der Waals surface area contributed by atoms with E-state index >= 15 is 0 Å². The molecule has 3 aromatic heterocycles. The molecular formula is C21H19FN8O. The van der Waals surface area contributed by atoms with Gasteiger partial charge in [0.2, 0.25) is 0 Å². The number of hydrogen-bond donors (Lipinski definition) is 2. The van der Waals surface area contributed by atoms with Crippen molar-refractivity contribution < 1.29 is 9.18 Å². The van der Waals surface area contributed by atoms with Crippen LogP contribution in [0.25, 0.3) is 11.5 Å². The van der Waals surface area contributed by atoms with Crippen LogP contribution in [0, 0.1) is 5.82 Å². The summed E-state index contributed by atoms with van der Waals surface area (Å²) in [5.74, 6) is 0.560. The van der Waals surface area contributed by atoms with Crippen LogP contribution >= 0.6 is 0 Å². The molecular weight excluding hydrogens is 399 g/mol. The van der Waals surface area contributed by atoms with E-state index in [9.17, 15) is 9.18 Å². The topological polar surface area (TPSA) is 111 Å². The monoisotopic (exact) mass is 418 g/mol. The number of benzene rings is 1. The Labute approximate surface area is 177 Å². The predicted octanol–water partition coefficient (Wildman–Crippen LogP) is 2.35. The molecule has 0 fully saturated rings. The highest BCUT2D eigenvalue weighted by Gasteiger charge is 2.12. The minimum atomic E-state index is -0.455. The van der Waals surface area contributed by atoms with E-state index in [4.69, 9.17) is 0 Å². The zero-order chi connectivity index (χ0) is 21.6. The van der Waals surface area contributed by atoms with Crippen LogP contribution in [-0.2, 0) is 20.1 Å². The molecule has 0 unspecified atom stereocenters. The second kappa shape index (κ2) is 9.08. The van der Waals surface area contributed by atoms with E-state index in [2.05, 4.69) is 35.8 Å². The molecule has 1 aromatic carbocycles. The van der Waals surface area contributed by atoms with Crippen LogP contribution in [0.2, 0.25) is 0 Å². The fraction of sp³-hybridized carbons (Fsp3) is 0.143. The summed E-state index contributed by atoms with van der Waals surface area (Å²) in [5, 5.41) is 14.3. The van der Waals surface area contributed by atoms with Gasteiger partial charge in [-0.05, 0) is 36.4 Å². The lowest BCUT2D eigenvalue weighted by molar-refractivity contribution is 0.0950. The van der Waals surface area contributed by atoms with Gasteiger partial charge in [0.15, 0.2) is 11.6 Å². The fourth-order valence-corrected chi connectivity index (χ4v) is 2.93. The first-order chi connectivity index (χ1) is 15.1. The fourth-order valence-electron chi connectivity index (χ4n) is 2.93. The van der Waals surface area contributed by atoms with Crippen molar-refractivity contribution in [2.75, 3.05) is 5.32 Å². The SMILES string of the molecule is Cn1c(CNc2cccc(C(=O)NCc3ncccc3F)c2)nnc1-c1ccncn1. The van der Waals surface area contributed by atoms with E-state index in [0.29, 0.717) is 29.5 Å². The molecule has 0 radical (unpaired) electrons. The molecule has 3 heterocycles. The Hall–Kier alpha value is -4.21. The molecule has 2 N–H and O–H groups in total. The zero-order valence-electron chi connectivity index (χ0n) is 16.7. The van der Waals surface area contributed by atoms with Crippen molar-refractivity contribution in [3.05, 3.63) is 84.1 Å². The summed E-state index contributed by atoms with van der Waals surface area (Å²) in [6.45, 7) is 0.409. The molecule has 31 heavy (non-hydrogen) atoms. The van der Waals surface area contributed by atoms with Crippen molar-refractivity contribution >= 4 is 11.6 Å². The molecule has 1 amide bonds. The van der Waals surface area contributed by atoms with Crippen LogP contribution in [0.15, 0.2) is 61.2 Å². The number of aromatic nitrogens is 6. The van der Waals surface area contributed by atoms with Gasteiger partial charge in [0.05, 0.1) is 18.8 Å². The van der Waals surface area contributed by atoms with E-state index in [1.807, 2.05) is 17.7 Å². The quantitative estimate of drug-likeness (QED) is 0.474. The van der Waals surface area contributed by atoms with Crippen LogP contribution in [0.5, 0.6) is 0 Å². The molecule has 9 nitrogen and oxygen atoms in total. The molecule has 156 valence electrons. The molecule has 0 atom stereocenters. The molecule has 4 rings (SSSR count). The Kier molecular flexibility index (Phi) is 5.88. The van der Waals surface area contributed by atoms with Gasteiger partial charge in [0.25, 0.3) is 5.91 Å². The molecule has 10 heteroatoms. The average molecular weight is 418 g/mol. The van der Waals surface area contributed by atoms with Crippen molar-refractivity contribution in [1.29, 1.82) is 0 Å². The normalized spacial score (nSPS) is 10.6. The van der Waals surface area contributed by atoms with Gasteiger partial charge >= 0.3 is 0 Å². The summed E-state index contributed by atoms with van der Waals surface area (Å²) in [4.78, 5) is 24.5. The Morgan fingerprint density at radius 2 is 1.97 bits per heavy atom. The first-order valence-electron chi connectivity index (χ1n) is 9.48. The molecule has 0 bridgehead atoms. The number of pyridine rings is 1. The lowest BCUT2D eigenvalue weighted by Crippen LogP contribution is -2.24. The highest BCUT2D eigenvalue weighted by Crippen LogP contribution is 2.16. The van der Waals surface area contributed by atoms with Gasteiger partial charge in [0.1, 0.15) is 17.8 Å². The molecule has 4 aromatic rings. The largest absolute Gasteiger partial charge is 0.378 e. The standard InChI is InChI=1S/C21H19FN8O/c1-30-19(28-29-20(30)17-7-9-23-13-27-17)12-25-15-5-2-4-14(10-15)21(31)26-11-18-16(22)6-3-8-24-18/h2-10,13,25H,11-12H2,1H3,(H,26,31). The number of amides is 1. The van der Waals surface area contributed by atoms with Crippen LogP contribution in [0.1, 0.15) is 21.9 Å². The van der Waals surface area contributed by atoms with E-state index in [1.54, 1.807) is 30.5 Å². The third kappa shape index (κ3) is 4.69. The highest BCUT2D eigenvalue weighted by atomic mass is 19.1. The maximum absolute atomic E-state index is 13.7. The molecule has 0 aliphatic rings. The van der Waals surface area contributed by atoms with Crippen molar-refractivity contribution in [2.45, 2.75) is 13.1 Å². The summed E-state index contributed by atoms with van der Waals surface area (Å²) in [5.41, 5.74) is 2.05. The van der Waals surface area contributed by atoms with Crippen molar-refractivity contribution in [2.24, 2.45) is 7.05 Å². The summed E-state index contributed by atoms with van der Waals surface area (Å²) in [6.07, 6.45) is 4.59. The number of carbonyl (C=O) groups excluding carboxylic acids is 1. The Morgan fingerprint density at radius 1 is 1.06 bits per heavy atom. The minimum absolute atomic E-state index is 0.00786. The maximum atomic E-state index is 13.7. The number of hydrogen-bond acceptors (Lipinski definition) is 7. The molecule has 0 spiro atoms. The molecule has 0 saturated carbocycles. The van der Waals surface area contributed by atoms with Gasteiger partial charge < -0.3 is 15.2 Å². The number of nitrogens with one attached hydrogen (secondary N) is 2. The second-order valence-corrected chi connectivity index (χ2v) is 6.64. The first-order valence-corrected chi connectivity index (χ1v) is 9.48. The van der Waals surface area contributed by atoms with Gasteiger partial charge in [-0.3, -0.25) is 9.78 Å². The van der Waals surface area contributed by atoms with E-state index in [0.717, 1.165) is 5.69 Å². The Balaban J connectivity index is 1.39. The number of carbonyl (C=O) groups is 1. The molecule has 0 aliphatic heterocycles. The number of halogens is 1. The van der Waals surface area contributed by atoms with Gasteiger partial charge in [-0.2, -0.15) is 0 Å². The average Bonchev–Trinajstić information content (AvgIpc) is 3.18. The van der Waals surface area contributed by atoms with E-state index in [-0.39, 0.29) is 18.1 Å². The Morgan fingerprint density at radius 3 is 2.77 bits per heavy atom. The van der Waals surface area contributed by atoms with Crippen LogP contribution in [0.3, 0.4) is 0 Å². The van der Waals surface area contributed by atoms with Crippen LogP contribution < -0.4 is 10.6 Å². The van der Waals surface area contributed by atoms with E-state index in [1.165, 1.54) is 24.7 Å². The lowest BCUT2D eigenvalue weighted by Gasteiger charge is -2.09. The number of nitrogens with zero attached hydrogens (tertiary/aromatic N) is 6. The van der Waals surface area contributed by atoms with Crippen LogP contribution in [-0.4, -0.2) is 35.6 Å². The smallest absolute Gasteiger partial charge is 0.251 e. The third-order valence-electron chi connectivity index (χ3n) is 4.60. The molecule has 0 aliphatic carbocycles. The van der Waals surface area contributed by atoms with Gasteiger partial charge in [-0.15, -0.1) is 10.2 Å². The summed E-state index contributed by atoms with van der Waals surface area (Å²) in [6, 6.07) is 11.6. The number of anilines is 1. The summed E-state index contributed by atoms with van der Waals surface area (Å²) < 4.78 is 15.5. The summed E-state index contributed by atoms with van der Waals surface area (Å²) in [7, 11) is 1.86. The Bertz CT molecular complexity index is 1190. The third-order valence-corrected chi connectivity index (χ3v) is 4.60. The van der Waals surface area contributed by atoms with E-state index < -0.39 is 5.82 Å². The van der Waals surface area contributed by atoms with Crippen molar-refractivity contribution in [3.8, 4) is 11.5 Å². The van der Waals surface area contributed by atoms with Crippen LogP contribution in [0.4, 0.5) is 10.1 Å². The van der Waals surface area contributed by atoms with Gasteiger partial charge in [0, 0.05) is 30.7 Å². The highest BCUT2D eigenvalue weighted by molar-refractivity contribution is 5.95. The van der Waals surface area contributed by atoms with Gasteiger partial charge in [-0.25, -0.2) is 14.4 Å². The maximum Gasteiger partial charge on any atom is 0.251 e. The minimum Gasteiger partial charge on any atom is -0.378 e. The summed E-state index contributed by atoms with van der Waals surface area (Å²) >= 11 is 0. The lowest BCUT2D eigenvalue weighted by atomic mass is 10.2. The van der Waals surface area contributed by atoms with Crippen molar-refractivity contribution in [3.63, 3.8) is 0 Å². The molecule has 0 saturated heterocycles. The second-order valence-electron chi connectivity index (χ2n) is 6.64.